The Morgan fingerprint density at radius 3 is 2.00 bits per heavy atom. The van der Waals surface area contributed by atoms with E-state index in [1.807, 2.05) is 0 Å². The molecule has 0 saturated heterocycles. The molecule has 21 heavy (non-hydrogen) atoms. The smallest absolute Gasteiger partial charge is 0.224 e. The van der Waals surface area contributed by atoms with Gasteiger partial charge in [-0.1, -0.05) is 70.7 Å². The lowest BCUT2D eigenvalue weighted by molar-refractivity contribution is -0.120. The predicted octanol–water partition coefficient (Wildman–Crippen LogP) is 5.16. The number of rotatable bonds is 4. The molecule has 0 heterocycles. The van der Waals surface area contributed by atoms with Gasteiger partial charge in [-0.3, -0.25) is 4.79 Å². The minimum Gasteiger partial charge on any atom is -0.352 e. The number of hydrogen-bond donors (Lipinski definition) is 1. The second-order valence-corrected chi connectivity index (χ2v) is 5.95. The van der Waals surface area contributed by atoms with Crippen LogP contribution in [0.2, 0.25) is 20.1 Å². The summed E-state index contributed by atoms with van der Waals surface area (Å²) in [5.41, 5.74) is 1.44. The van der Waals surface area contributed by atoms with Gasteiger partial charge in [0.2, 0.25) is 5.91 Å². The van der Waals surface area contributed by atoms with Crippen LogP contribution < -0.4 is 5.32 Å². The Hall–Kier alpha value is -0.930. The molecular formula is C15H11Cl4NO. The first-order valence-electron chi connectivity index (χ1n) is 6.11. The lowest BCUT2D eigenvalue weighted by Crippen LogP contribution is -2.24. The molecule has 0 spiro atoms. The van der Waals surface area contributed by atoms with Crippen LogP contribution in [0.4, 0.5) is 0 Å². The number of carbonyl (C=O) groups excluding carboxylic acids is 1. The monoisotopic (exact) mass is 361 g/mol. The van der Waals surface area contributed by atoms with Gasteiger partial charge < -0.3 is 5.32 Å². The van der Waals surface area contributed by atoms with Gasteiger partial charge in [0.25, 0.3) is 0 Å². The first-order chi connectivity index (χ1) is 9.99. The zero-order valence-electron chi connectivity index (χ0n) is 10.8. The van der Waals surface area contributed by atoms with Gasteiger partial charge in [0, 0.05) is 6.54 Å². The number of benzene rings is 2. The summed E-state index contributed by atoms with van der Waals surface area (Å²) in [5.74, 6) is -0.171. The third-order valence-electron chi connectivity index (χ3n) is 2.89. The van der Waals surface area contributed by atoms with Crippen LogP contribution in [0.5, 0.6) is 0 Å². The van der Waals surface area contributed by atoms with Crippen LogP contribution in [0.3, 0.4) is 0 Å². The molecule has 2 nitrogen and oxygen atoms in total. The van der Waals surface area contributed by atoms with Gasteiger partial charge >= 0.3 is 0 Å². The number of carbonyl (C=O) groups is 1. The van der Waals surface area contributed by atoms with E-state index in [0.717, 1.165) is 5.56 Å². The van der Waals surface area contributed by atoms with Crippen LogP contribution in [-0.4, -0.2) is 5.91 Å². The molecular weight excluding hydrogens is 352 g/mol. The van der Waals surface area contributed by atoms with Crippen LogP contribution in [0.25, 0.3) is 0 Å². The third kappa shape index (κ3) is 4.27. The topological polar surface area (TPSA) is 29.1 Å². The molecule has 0 aliphatic rings. The summed E-state index contributed by atoms with van der Waals surface area (Å²) in [5, 5.41) is 4.51. The van der Waals surface area contributed by atoms with Crippen molar-refractivity contribution in [2.24, 2.45) is 0 Å². The lowest BCUT2D eigenvalue weighted by atomic mass is 10.1. The minimum absolute atomic E-state index is 0.150. The van der Waals surface area contributed by atoms with Crippen molar-refractivity contribution in [1.82, 2.24) is 5.32 Å². The van der Waals surface area contributed by atoms with Gasteiger partial charge in [0.15, 0.2) is 0 Å². The van der Waals surface area contributed by atoms with Crippen LogP contribution in [0, 0.1) is 0 Å². The van der Waals surface area contributed by atoms with E-state index in [2.05, 4.69) is 5.32 Å². The molecule has 2 rings (SSSR count). The highest BCUT2D eigenvalue weighted by Crippen LogP contribution is 2.26. The second-order valence-electron chi connectivity index (χ2n) is 4.38. The molecule has 2 aromatic rings. The van der Waals surface area contributed by atoms with Crippen LogP contribution >= 0.6 is 46.4 Å². The highest BCUT2D eigenvalue weighted by atomic mass is 35.5. The summed E-state index contributed by atoms with van der Waals surface area (Å²) >= 11 is 23.9. The summed E-state index contributed by atoms with van der Waals surface area (Å²) in [4.78, 5) is 12.0. The van der Waals surface area contributed by atoms with Crippen molar-refractivity contribution in [2.75, 3.05) is 0 Å². The Labute approximate surface area is 143 Å². The van der Waals surface area contributed by atoms with Crippen molar-refractivity contribution in [3.05, 3.63) is 67.6 Å². The summed E-state index contributed by atoms with van der Waals surface area (Å²) < 4.78 is 0. The summed E-state index contributed by atoms with van der Waals surface area (Å²) in [6, 6.07) is 10.5. The van der Waals surface area contributed by atoms with Crippen LogP contribution in [-0.2, 0) is 17.8 Å². The van der Waals surface area contributed by atoms with E-state index in [0.29, 0.717) is 32.2 Å². The first kappa shape index (κ1) is 16.4. The molecule has 0 radical (unpaired) electrons. The van der Waals surface area contributed by atoms with Crippen molar-refractivity contribution in [1.29, 1.82) is 0 Å². The van der Waals surface area contributed by atoms with Gasteiger partial charge in [-0.2, -0.15) is 0 Å². The fraction of sp³-hybridized carbons (Fsp3) is 0.133. The summed E-state index contributed by atoms with van der Waals surface area (Å²) in [7, 11) is 0. The van der Waals surface area contributed by atoms with E-state index in [-0.39, 0.29) is 12.3 Å². The normalized spacial score (nSPS) is 10.5. The molecule has 0 saturated carbocycles. The molecule has 1 N–H and O–H groups in total. The van der Waals surface area contributed by atoms with Crippen molar-refractivity contribution in [2.45, 2.75) is 13.0 Å². The second kappa shape index (κ2) is 7.37. The quantitative estimate of drug-likeness (QED) is 0.799. The van der Waals surface area contributed by atoms with Gasteiger partial charge in [-0.15, -0.1) is 0 Å². The van der Waals surface area contributed by atoms with E-state index >= 15 is 0 Å². The molecule has 2 aromatic carbocycles. The Morgan fingerprint density at radius 2 is 1.38 bits per heavy atom. The minimum atomic E-state index is -0.171. The standard InChI is InChI=1S/C15H11Cl4NO/c16-11-5-1-3-9(14(11)18)7-13(21)20-8-10-4-2-6-12(17)15(10)19/h1-6H,7-8H2,(H,20,21). The molecule has 0 atom stereocenters. The fourth-order valence-electron chi connectivity index (χ4n) is 1.80. The molecule has 1 amide bonds. The van der Waals surface area contributed by atoms with E-state index in [1.54, 1.807) is 36.4 Å². The Bertz CT molecular complexity index is 673. The first-order valence-corrected chi connectivity index (χ1v) is 7.62. The maximum absolute atomic E-state index is 12.0. The van der Waals surface area contributed by atoms with Crippen LogP contribution in [0.1, 0.15) is 11.1 Å². The average molecular weight is 363 g/mol. The van der Waals surface area contributed by atoms with E-state index in [9.17, 15) is 4.79 Å². The molecule has 0 fully saturated rings. The third-order valence-corrected chi connectivity index (χ3v) is 4.61. The molecule has 0 unspecified atom stereocenters. The maximum Gasteiger partial charge on any atom is 0.224 e. The molecule has 0 aliphatic heterocycles. The Morgan fingerprint density at radius 1 is 0.857 bits per heavy atom. The zero-order chi connectivity index (χ0) is 15.4. The number of hydrogen-bond acceptors (Lipinski definition) is 1. The largest absolute Gasteiger partial charge is 0.352 e. The number of nitrogens with one attached hydrogen (secondary N) is 1. The molecule has 110 valence electrons. The molecule has 0 aliphatic carbocycles. The van der Waals surface area contributed by atoms with Gasteiger partial charge in [-0.25, -0.2) is 0 Å². The fourth-order valence-corrected chi connectivity index (χ4v) is 2.57. The van der Waals surface area contributed by atoms with E-state index in [4.69, 9.17) is 46.4 Å². The Kier molecular flexibility index (Phi) is 5.77. The summed E-state index contributed by atoms with van der Waals surface area (Å²) in [6.45, 7) is 0.302. The highest BCUT2D eigenvalue weighted by molar-refractivity contribution is 6.43. The van der Waals surface area contributed by atoms with E-state index in [1.165, 1.54) is 0 Å². The number of amides is 1. The van der Waals surface area contributed by atoms with E-state index < -0.39 is 0 Å². The van der Waals surface area contributed by atoms with Gasteiger partial charge in [0.1, 0.15) is 0 Å². The van der Waals surface area contributed by atoms with Crippen molar-refractivity contribution in [3.8, 4) is 0 Å². The average Bonchev–Trinajstić information content (AvgIpc) is 2.45. The van der Waals surface area contributed by atoms with Gasteiger partial charge in [-0.05, 0) is 23.3 Å². The summed E-state index contributed by atoms with van der Waals surface area (Å²) in [6.07, 6.45) is 0.150. The van der Waals surface area contributed by atoms with Crippen molar-refractivity contribution < 1.29 is 4.79 Å². The zero-order valence-corrected chi connectivity index (χ0v) is 13.8. The molecule has 0 bridgehead atoms. The lowest BCUT2D eigenvalue weighted by Gasteiger charge is -2.09. The van der Waals surface area contributed by atoms with Crippen molar-refractivity contribution in [3.63, 3.8) is 0 Å². The SMILES string of the molecule is O=C(Cc1cccc(Cl)c1Cl)NCc1cccc(Cl)c1Cl. The van der Waals surface area contributed by atoms with Gasteiger partial charge in [0.05, 0.1) is 26.5 Å². The highest BCUT2D eigenvalue weighted by Gasteiger charge is 2.10. The molecule has 0 aromatic heterocycles. The Balaban J connectivity index is 1.99. The van der Waals surface area contributed by atoms with Crippen LogP contribution in [0.15, 0.2) is 36.4 Å². The molecule has 6 heteroatoms. The number of halogens is 4. The predicted molar refractivity (Wildman–Crippen MR) is 88.5 cm³/mol. The van der Waals surface area contributed by atoms with Crippen molar-refractivity contribution >= 4 is 52.3 Å². The maximum atomic E-state index is 12.0.